The van der Waals surface area contributed by atoms with Crippen molar-refractivity contribution in [1.82, 2.24) is 0 Å². The number of hydrogen-bond acceptors (Lipinski definition) is 4. The van der Waals surface area contributed by atoms with E-state index < -0.39 is 0 Å². The van der Waals surface area contributed by atoms with Crippen LogP contribution in [0.2, 0.25) is 0 Å². The minimum atomic E-state index is -0.339. The third kappa shape index (κ3) is 24.1. The van der Waals surface area contributed by atoms with Gasteiger partial charge in [0.05, 0.1) is 22.8 Å². The van der Waals surface area contributed by atoms with Gasteiger partial charge in [0, 0.05) is 0 Å². The number of aryl methyl sites for hydroxylation is 5. The molecule has 0 aliphatic carbocycles. The number of rotatable bonds is 34. The monoisotopic (exact) mass is 935 g/mol. The van der Waals surface area contributed by atoms with E-state index in [0.29, 0.717) is 0 Å². The van der Waals surface area contributed by atoms with Crippen molar-refractivity contribution in [1.29, 1.82) is 0 Å². The molecule has 3 rings (SSSR count). The Kier molecular flexibility index (Phi) is 35.2. The average molecular weight is 936 g/mol. The van der Waals surface area contributed by atoms with Gasteiger partial charge in [-0.1, -0.05) is 175 Å². The molecular formula is C60H96N2NiO2. The van der Waals surface area contributed by atoms with Crippen LogP contribution in [0.25, 0.3) is 0 Å². The second kappa shape index (κ2) is 38.1. The molecule has 0 saturated heterocycles. The molecular weight excluding hydrogens is 839 g/mol. The fraction of sp³-hybridized carbons (Fsp3) is 0.667. The molecule has 0 aliphatic rings. The van der Waals surface area contributed by atoms with Crippen LogP contribution < -0.4 is 10.2 Å². The van der Waals surface area contributed by atoms with Crippen LogP contribution in [0.1, 0.15) is 255 Å². The molecule has 0 N–H and O–H groups in total. The second-order valence-electron chi connectivity index (χ2n) is 18.8. The molecule has 0 spiro atoms. The molecule has 5 heteroatoms. The molecule has 0 radical (unpaired) electrons. The zero-order valence-electron chi connectivity index (χ0n) is 43.5. The Bertz CT molecular complexity index is 1740. The van der Waals surface area contributed by atoms with E-state index in [1.54, 1.807) is 11.1 Å². The summed E-state index contributed by atoms with van der Waals surface area (Å²) in [6, 6.07) is 15.8. The van der Waals surface area contributed by atoms with Gasteiger partial charge in [-0.3, -0.25) is 9.98 Å². The van der Waals surface area contributed by atoms with Gasteiger partial charge in [-0.25, -0.2) is 0 Å². The van der Waals surface area contributed by atoms with Gasteiger partial charge in [0.15, 0.2) is 0 Å². The predicted octanol–water partition coefficient (Wildman–Crippen LogP) is 17.8. The summed E-state index contributed by atoms with van der Waals surface area (Å²) in [5.41, 5.74) is 13.8. The quantitative estimate of drug-likeness (QED) is 0.0340. The van der Waals surface area contributed by atoms with Gasteiger partial charge in [-0.05, 0) is 167 Å². The van der Waals surface area contributed by atoms with E-state index in [9.17, 15) is 10.2 Å². The second-order valence-corrected chi connectivity index (χ2v) is 18.8. The maximum Gasteiger partial charge on any atom is 2.00 e. The molecule has 0 bridgehead atoms. The zero-order chi connectivity index (χ0) is 46.8. The van der Waals surface area contributed by atoms with Gasteiger partial charge in [-0.2, -0.15) is 0 Å². The van der Waals surface area contributed by atoms with E-state index >= 15 is 0 Å². The van der Waals surface area contributed by atoms with Crippen molar-refractivity contribution in [3.8, 4) is 11.5 Å². The van der Waals surface area contributed by atoms with E-state index in [4.69, 9.17) is 9.98 Å². The molecule has 0 heterocycles. The van der Waals surface area contributed by atoms with E-state index in [0.717, 1.165) is 79.4 Å². The molecule has 0 unspecified atom stereocenters. The molecule has 368 valence electrons. The summed E-state index contributed by atoms with van der Waals surface area (Å²) in [6.45, 7) is 20.0. The Balaban J connectivity index is 0.000000982. The number of hydrogen-bond donors (Lipinski definition) is 0. The summed E-state index contributed by atoms with van der Waals surface area (Å²) in [6.07, 6.45) is 36.8. The zero-order valence-corrected chi connectivity index (χ0v) is 44.5. The van der Waals surface area contributed by atoms with Crippen LogP contribution >= 0.6 is 0 Å². The molecule has 0 atom stereocenters. The maximum absolute atomic E-state index is 11.9. The Labute approximate surface area is 411 Å². The third-order valence-electron chi connectivity index (χ3n) is 13.0. The topological polar surface area (TPSA) is 70.8 Å². The molecule has 0 aromatic heterocycles. The first-order valence-corrected chi connectivity index (χ1v) is 27.1. The van der Waals surface area contributed by atoms with Crippen molar-refractivity contribution in [2.45, 2.75) is 261 Å². The first kappa shape index (κ1) is 60.1. The Morgan fingerprint density at radius 3 is 1.15 bits per heavy atom. The summed E-state index contributed by atoms with van der Waals surface area (Å²) in [5, 5.41) is 23.4. The van der Waals surface area contributed by atoms with E-state index in [2.05, 4.69) is 91.8 Å². The summed E-state index contributed by atoms with van der Waals surface area (Å²) < 4.78 is 0. The number of aliphatic imine (C=N–C) groups is 2. The number of nitrogens with zero attached hydrogens (tertiary/aromatic N) is 2. The fourth-order valence-corrected chi connectivity index (χ4v) is 8.87. The van der Waals surface area contributed by atoms with Crippen LogP contribution in [0.3, 0.4) is 0 Å². The molecule has 0 saturated carbocycles. The fourth-order valence-electron chi connectivity index (χ4n) is 8.87. The molecule has 0 fully saturated rings. The van der Waals surface area contributed by atoms with Gasteiger partial charge >= 0.3 is 16.5 Å². The number of benzene rings is 3. The molecule has 0 aliphatic heterocycles. The first-order valence-electron chi connectivity index (χ1n) is 27.1. The molecule has 3 aromatic rings. The summed E-state index contributed by atoms with van der Waals surface area (Å²) in [5.74, 6) is -0.607. The summed E-state index contributed by atoms with van der Waals surface area (Å²) in [7, 11) is 0. The average Bonchev–Trinajstić information content (AvgIpc) is 3.29. The van der Waals surface area contributed by atoms with Crippen molar-refractivity contribution < 1.29 is 26.7 Å². The van der Waals surface area contributed by atoms with Crippen LogP contribution in [0.5, 0.6) is 11.5 Å². The van der Waals surface area contributed by atoms with Crippen LogP contribution in [-0.2, 0) is 55.0 Å². The third-order valence-corrected chi connectivity index (χ3v) is 13.0. The normalized spacial score (nSPS) is 11.7. The van der Waals surface area contributed by atoms with Crippen molar-refractivity contribution >= 4 is 22.8 Å². The van der Waals surface area contributed by atoms with Gasteiger partial charge in [0.25, 0.3) is 0 Å². The SMILES string of the molecule is CCCCCCC(=Nc1ccc(CCCCC)c(CCCCC)c1)C(CCCCC)=Nc1ccc(CCCCC)c(CCCCC)c1.CCCCc1c(C)cc([O-])c([O-])c1CCCC.[Ni+2]. The van der Waals surface area contributed by atoms with Gasteiger partial charge in [-0.15, -0.1) is 11.5 Å². The Morgan fingerprint density at radius 2 is 0.738 bits per heavy atom. The Hall–Kier alpha value is -2.91. The first-order chi connectivity index (χ1) is 31.2. The predicted molar refractivity (Wildman–Crippen MR) is 280 cm³/mol. The van der Waals surface area contributed by atoms with Crippen LogP contribution in [0.15, 0.2) is 52.4 Å². The number of unbranched alkanes of at least 4 members (excludes halogenated alkanes) is 15. The molecule has 3 aromatic carbocycles. The largest absolute Gasteiger partial charge is 2.00 e. The Morgan fingerprint density at radius 1 is 0.385 bits per heavy atom. The molecule has 4 nitrogen and oxygen atoms in total. The van der Waals surface area contributed by atoms with Gasteiger partial charge < -0.3 is 10.2 Å². The van der Waals surface area contributed by atoms with Crippen molar-refractivity contribution in [3.05, 3.63) is 81.4 Å². The molecule has 0 amide bonds. The van der Waals surface area contributed by atoms with Crippen LogP contribution in [-0.4, -0.2) is 11.4 Å². The van der Waals surface area contributed by atoms with Gasteiger partial charge in [0.1, 0.15) is 0 Å². The summed E-state index contributed by atoms with van der Waals surface area (Å²) >= 11 is 0. The standard InChI is InChI=1S/C45H74N2.C15H24O2.Ni/c1-7-13-19-25-31-45(47-43-35-33-39(27-21-15-9-3)41(37-43)29-23-17-11-5)44(30-24-18-12-6)46-42-34-32-38(26-20-14-8-2)40(36-42)28-22-16-10-4;1-4-6-8-12-11(3)10-14(16)15(17)13(12)9-7-5-2;/h32-37H,7-31H2,1-6H3;10,16-17H,4-9H2,1-3H3;/q;;+2/p-2. The van der Waals surface area contributed by atoms with Crippen LogP contribution in [0.4, 0.5) is 11.4 Å². The minimum Gasteiger partial charge on any atom is -0.873 e. The van der Waals surface area contributed by atoms with E-state index in [1.807, 2.05) is 6.92 Å². The van der Waals surface area contributed by atoms with E-state index in [-0.39, 0.29) is 28.0 Å². The smallest absolute Gasteiger partial charge is 0.873 e. The van der Waals surface area contributed by atoms with Crippen molar-refractivity contribution in [2.24, 2.45) is 9.98 Å². The molecule has 65 heavy (non-hydrogen) atoms. The van der Waals surface area contributed by atoms with Crippen molar-refractivity contribution in [3.63, 3.8) is 0 Å². The van der Waals surface area contributed by atoms with Crippen molar-refractivity contribution in [2.75, 3.05) is 0 Å². The minimum absolute atomic E-state index is 0. The van der Waals surface area contributed by atoms with E-state index in [1.165, 1.54) is 176 Å². The maximum atomic E-state index is 11.9. The van der Waals surface area contributed by atoms with Crippen LogP contribution in [0, 0.1) is 6.92 Å². The van der Waals surface area contributed by atoms with Gasteiger partial charge in [0.2, 0.25) is 0 Å². The summed E-state index contributed by atoms with van der Waals surface area (Å²) in [4.78, 5) is 11.0.